The van der Waals surface area contributed by atoms with Crippen molar-refractivity contribution in [3.8, 4) is 11.5 Å². The van der Waals surface area contributed by atoms with Crippen LogP contribution < -0.4 is 0 Å². The number of hydrogen-bond donors (Lipinski definition) is 0. The minimum absolute atomic E-state index is 0.0619. The molecule has 27 heavy (non-hydrogen) atoms. The average molecular weight is 420 g/mol. The first kappa shape index (κ1) is 18.1. The predicted octanol–water partition coefficient (Wildman–Crippen LogP) is 6.15. The molecule has 0 atom stereocenters. The Labute approximate surface area is 171 Å². The molecule has 1 aliphatic rings. The highest BCUT2D eigenvalue weighted by Gasteiger charge is 2.30. The lowest BCUT2D eigenvalue weighted by Gasteiger charge is -2.15. The largest absolute Gasteiger partial charge is 0.489 e. The molecule has 0 radical (unpaired) electrons. The molecular weight excluding hydrogens is 407 g/mol. The smallest absolute Gasteiger partial charge is 0.268 e. The number of ether oxygens (including phenoxy) is 1. The minimum Gasteiger partial charge on any atom is -0.489 e. The third-order valence-corrected chi connectivity index (χ3v) is 4.50. The van der Waals surface area contributed by atoms with E-state index < -0.39 is 3.79 Å². The summed E-state index contributed by atoms with van der Waals surface area (Å²) < 4.78 is 9.42. The van der Waals surface area contributed by atoms with Gasteiger partial charge in [0.25, 0.3) is 9.68 Å². The number of fused-ring (bicyclic) bond motifs is 1. The van der Waals surface area contributed by atoms with E-state index >= 15 is 0 Å². The molecule has 2 heterocycles. The van der Waals surface area contributed by atoms with E-state index in [1.807, 2.05) is 54.6 Å². The summed E-state index contributed by atoms with van der Waals surface area (Å²) in [5, 5.41) is 7.66. The van der Waals surface area contributed by atoms with Crippen molar-refractivity contribution in [1.82, 2.24) is 10.2 Å². The Bertz CT molecular complexity index is 1020. The first-order valence-corrected chi connectivity index (χ1v) is 9.24. The second-order valence-corrected chi connectivity index (χ2v) is 8.18. The van der Waals surface area contributed by atoms with Gasteiger partial charge in [-0.05, 0) is 41.0 Å². The number of halogens is 3. The molecule has 0 saturated carbocycles. The summed E-state index contributed by atoms with van der Waals surface area (Å²) in [6, 6.07) is 15.8. The van der Waals surface area contributed by atoms with E-state index in [2.05, 4.69) is 22.3 Å². The van der Waals surface area contributed by atoms with Crippen LogP contribution >= 0.6 is 34.8 Å². The normalized spacial score (nSPS) is 14.0. The van der Waals surface area contributed by atoms with Crippen LogP contribution in [0.25, 0.3) is 23.6 Å². The van der Waals surface area contributed by atoms with Crippen molar-refractivity contribution in [2.45, 2.75) is 10.4 Å². The first-order chi connectivity index (χ1) is 13.0. The maximum absolute atomic E-state index is 5.76. The predicted molar refractivity (Wildman–Crippen MR) is 107 cm³/mol. The van der Waals surface area contributed by atoms with Crippen LogP contribution in [0.3, 0.4) is 0 Å². The molecule has 136 valence electrons. The van der Waals surface area contributed by atoms with E-state index in [0.717, 1.165) is 16.9 Å². The van der Waals surface area contributed by atoms with Gasteiger partial charge in [0, 0.05) is 5.56 Å². The maximum Gasteiger partial charge on any atom is 0.268 e. The molecule has 4 nitrogen and oxygen atoms in total. The van der Waals surface area contributed by atoms with Crippen molar-refractivity contribution in [3.63, 3.8) is 0 Å². The fourth-order valence-electron chi connectivity index (χ4n) is 2.63. The van der Waals surface area contributed by atoms with Gasteiger partial charge in [0.1, 0.15) is 12.4 Å². The lowest BCUT2D eigenvalue weighted by atomic mass is 10.1. The maximum atomic E-state index is 5.76. The van der Waals surface area contributed by atoms with Gasteiger partial charge in [-0.2, -0.15) is 0 Å². The van der Waals surface area contributed by atoms with Crippen molar-refractivity contribution in [2.75, 3.05) is 0 Å². The van der Waals surface area contributed by atoms with Crippen LogP contribution in [0.15, 0.2) is 64.8 Å². The highest BCUT2D eigenvalue weighted by molar-refractivity contribution is 6.66. The summed E-state index contributed by atoms with van der Waals surface area (Å²) >= 11 is 17.2. The lowest BCUT2D eigenvalue weighted by molar-refractivity contribution is 0.210. The van der Waals surface area contributed by atoms with Crippen LogP contribution in [0.1, 0.15) is 22.6 Å². The van der Waals surface area contributed by atoms with Crippen molar-refractivity contribution < 1.29 is 9.15 Å². The van der Waals surface area contributed by atoms with Gasteiger partial charge in [-0.1, -0.05) is 77.3 Å². The van der Waals surface area contributed by atoms with Gasteiger partial charge < -0.3 is 9.15 Å². The number of alkyl halides is 3. The Kier molecular flexibility index (Phi) is 4.96. The fourth-order valence-corrected chi connectivity index (χ4v) is 2.86. The van der Waals surface area contributed by atoms with E-state index in [9.17, 15) is 0 Å². The summed E-state index contributed by atoms with van der Waals surface area (Å²) in [4.78, 5) is 0. The van der Waals surface area contributed by atoms with Crippen LogP contribution in [-0.2, 0) is 15.1 Å². The molecule has 0 spiro atoms. The Morgan fingerprint density at radius 1 is 0.926 bits per heavy atom. The van der Waals surface area contributed by atoms with Gasteiger partial charge in [0.2, 0.25) is 5.89 Å². The van der Waals surface area contributed by atoms with Crippen LogP contribution in [0, 0.1) is 0 Å². The molecule has 0 unspecified atom stereocenters. The Balaban J connectivity index is 1.49. The molecule has 1 aliphatic heterocycles. The van der Waals surface area contributed by atoms with Gasteiger partial charge in [-0.15, -0.1) is 10.2 Å². The molecule has 0 amide bonds. The molecule has 4 rings (SSSR count). The van der Waals surface area contributed by atoms with Gasteiger partial charge in [0.15, 0.2) is 0 Å². The van der Waals surface area contributed by atoms with Gasteiger partial charge in [-0.3, -0.25) is 0 Å². The number of aromatic nitrogens is 2. The van der Waals surface area contributed by atoms with E-state index in [1.165, 1.54) is 11.1 Å². The zero-order chi connectivity index (χ0) is 18.9. The van der Waals surface area contributed by atoms with Crippen LogP contribution in [0.5, 0.6) is 0 Å². The number of allylic oxidation sites excluding steroid dienone is 1. The van der Waals surface area contributed by atoms with E-state index in [1.54, 1.807) is 0 Å². The number of hydrogen-bond acceptors (Lipinski definition) is 4. The first-order valence-electron chi connectivity index (χ1n) is 8.11. The number of nitrogens with zero attached hydrogens (tertiary/aromatic N) is 2. The van der Waals surface area contributed by atoms with Gasteiger partial charge >= 0.3 is 0 Å². The zero-order valence-electron chi connectivity index (χ0n) is 13.9. The zero-order valence-corrected chi connectivity index (χ0v) is 16.2. The van der Waals surface area contributed by atoms with E-state index in [4.69, 9.17) is 44.0 Å². The summed E-state index contributed by atoms with van der Waals surface area (Å²) in [6.07, 6.45) is 5.95. The SMILES string of the molecule is ClC(Cl)(Cl)c1nnc(-c2ccc(/C=C/C3=Cc4ccccc4CO3)cc2)o1. The van der Waals surface area contributed by atoms with Crippen molar-refractivity contribution in [1.29, 1.82) is 0 Å². The lowest BCUT2D eigenvalue weighted by Crippen LogP contribution is -2.00. The van der Waals surface area contributed by atoms with Crippen LogP contribution in [0.4, 0.5) is 0 Å². The highest BCUT2D eigenvalue weighted by atomic mass is 35.6. The third-order valence-electron chi connectivity index (χ3n) is 4.01. The monoisotopic (exact) mass is 418 g/mol. The van der Waals surface area contributed by atoms with Crippen LogP contribution in [0.2, 0.25) is 0 Å². The second-order valence-electron chi connectivity index (χ2n) is 5.90. The summed E-state index contributed by atoms with van der Waals surface area (Å²) in [6.45, 7) is 0.577. The van der Waals surface area contributed by atoms with Gasteiger partial charge in [0.05, 0.1) is 0 Å². The molecule has 0 saturated heterocycles. The molecule has 0 N–H and O–H groups in total. The molecule has 3 aromatic rings. The quantitative estimate of drug-likeness (QED) is 0.478. The van der Waals surface area contributed by atoms with Gasteiger partial charge in [-0.25, -0.2) is 0 Å². The number of rotatable bonds is 3. The number of benzene rings is 2. The standard InChI is InChI=1S/C20H13Cl3N2O2/c21-20(22,23)19-25-24-18(27-19)14-8-5-13(6-9-14)7-10-17-11-15-3-1-2-4-16(15)12-26-17/h1-11H,12H2/b10-7+. The highest BCUT2D eigenvalue weighted by Crippen LogP contribution is 2.38. The molecule has 1 aromatic heterocycles. The fraction of sp³-hybridized carbons (Fsp3) is 0.100. The topological polar surface area (TPSA) is 48.2 Å². The molecule has 0 fully saturated rings. The van der Waals surface area contributed by atoms with Crippen molar-refractivity contribution in [2.24, 2.45) is 0 Å². The Morgan fingerprint density at radius 3 is 2.44 bits per heavy atom. The molecular formula is C20H13Cl3N2O2. The van der Waals surface area contributed by atoms with E-state index in [-0.39, 0.29) is 5.89 Å². The van der Waals surface area contributed by atoms with Crippen molar-refractivity contribution >= 4 is 47.0 Å². The average Bonchev–Trinajstić information content (AvgIpc) is 3.17. The Hall–Kier alpha value is -2.27. The molecule has 7 heteroatoms. The van der Waals surface area contributed by atoms with Crippen molar-refractivity contribution in [3.05, 3.63) is 82.9 Å². The Morgan fingerprint density at radius 2 is 1.70 bits per heavy atom. The van der Waals surface area contributed by atoms with Crippen LogP contribution in [-0.4, -0.2) is 10.2 Å². The molecule has 0 bridgehead atoms. The van der Waals surface area contributed by atoms with E-state index in [0.29, 0.717) is 12.5 Å². The molecule has 2 aromatic carbocycles. The molecule has 0 aliphatic carbocycles. The third kappa shape index (κ3) is 4.19. The summed E-state index contributed by atoms with van der Waals surface area (Å²) in [5.41, 5.74) is 4.11. The second kappa shape index (κ2) is 7.39. The summed E-state index contributed by atoms with van der Waals surface area (Å²) in [7, 11) is 0. The summed E-state index contributed by atoms with van der Waals surface area (Å²) in [5.74, 6) is 1.05. The minimum atomic E-state index is -1.74.